The van der Waals surface area contributed by atoms with Crippen molar-refractivity contribution in [1.29, 1.82) is 0 Å². The van der Waals surface area contributed by atoms with Crippen LogP contribution in [0.15, 0.2) is 53.4 Å². The van der Waals surface area contributed by atoms with E-state index in [9.17, 15) is 9.90 Å². The third-order valence-corrected chi connectivity index (χ3v) is 4.14. The second kappa shape index (κ2) is 5.93. The molecule has 4 rings (SSSR count). The molecule has 0 fully saturated rings. The lowest BCUT2D eigenvalue weighted by atomic mass is 10.1. The van der Waals surface area contributed by atoms with E-state index in [1.165, 1.54) is 12.6 Å². The highest BCUT2D eigenvalue weighted by atomic mass is 16.3. The van der Waals surface area contributed by atoms with Gasteiger partial charge in [-0.1, -0.05) is 30.3 Å². The van der Waals surface area contributed by atoms with Crippen molar-refractivity contribution in [2.24, 2.45) is 0 Å². The molecular weight excluding hydrogens is 308 g/mol. The summed E-state index contributed by atoms with van der Waals surface area (Å²) in [6.45, 7) is 1.54. The molecule has 1 atom stereocenters. The van der Waals surface area contributed by atoms with Crippen LogP contribution >= 0.6 is 0 Å². The molecule has 1 aromatic carbocycles. The van der Waals surface area contributed by atoms with E-state index in [1.807, 2.05) is 41.1 Å². The van der Waals surface area contributed by atoms with Gasteiger partial charge in [-0.25, -0.2) is 4.98 Å². The number of hydrogen-bond donors (Lipinski definition) is 1. The molecule has 122 valence electrons. The van der Waals surface area contributed by atoms with Crippen LogP contribution in [-0.2, 0) is 13.1 Å². The van der Waals surface area contributed by atoms with Crippen molar-refractivity contribution in [3.05, 3.63) is 71.7 Å². The van der Waals surface area contributed by atoms with E-state index in [-0.39, 0.29) is 11.7 Å². The summed E-state index contributed by atoms with van der Waals surface area (Å²) in [6, 6.07) is 11.2. The summed E-state index contributed by atoms with van der Waals surface area (Å²) >= 11 is 0. The van der Waals surface area contributed by atoms with E-state index in [1.54, 1.807) is 4.90 Å². The lowest BCUT2D eigenvalue weighted by Gasteiger charge is -2.26. The predicted molar refractivity (Wildman–Crippen MR) is 84.0 cm³/mol. The maximum atomic E-state index is 12.3. The van der Waals surface area contributed by atoms with E-state index < -0.39 is 6.10 Å². The first-order valence-corrected chi connectivity index (χ1v) is 7.70. The molecule has 1 aliphatic rings. The fourth-order valence-electron chi connectivity index (χ4n) is 2.88. The number of aliphatic hydroxyl groups is 1. The van der Waals surface area contributed by atoms with Crippen LogP contribution in [0.3, 0.4) is 0 Å². The first-order chi connectivity index (χ1) is 11.7. The summed E-state index contributed by atoms with van der Waals surface area (Å²) in [5, 5.41) is 15.0. The SMILES string of the molecule is O=C(c1cnco1)N1CCn2nc([C@H](O)c3ccccc3)cc2C1. The van der Waals surface area contributed by atoms with Crippen molar-refractivity contribution < 1.29 is 14.3 Å². The minimum absolute atomic E-state index is 0.190. The van der Waals surface area contributed by atoms with Crippen molar-refractivity contribution in [1.82, 2.24) is 19.7 Å². The van der Waals surface area contributed by atoms with Gasteiger partial charge in [-0.05, 0) is 11.6 Å². The monoisotopic (exact) mass is 324 g/mol. The van der Waals surface area contributed by atoms with E-state index in [0.29, 0.717) is 25.3 Å². The second-order valence-corrected chi connectivity index (χ2v) is 5.69. The summed E-state index contributed by atoms with van der Waals surface area (Å²) in [6.07, 6.45) is 1.89. The lowest BCUT2D eigenvalue weighted by molar-refractivity contribution is 0.0673. The Balaban J connectivity index is 1.55. The molecule has 0 radical (unpaired) electrons. The van der Waals surface area contributed by atoms with E-state index >= 15 is 0 Å². The van der Waals surface area contributed by atoms with Gasteiger partial charge in [0.25, 0.3) is 5.91 Å². The molecule has 0 saturated heterocycles. The fraction of sp³-hybridized carbons (Fsp3) is 0.235. The van der Waals surface area contributed by atoms with Gasteiger partial charge >= 0.3 is 0 Å². The highest BCUT2D eigenvalue weighted by molar-refractivity contribution is 5.91. The van der Waals surface area contributed by atoms with Crippen molar-refractivity contribution >= 4 is 5.91 Å². The summed E-state index contributed by atoms with van der Waals surface area (Å²) < 4.78 is 6.91. The van der Waals surface area contributed by atoms with Crippen LogP contribution in [0, 0.1) is 0 Å². The molecule has 3 aromatic rings. The lowest BCUT2D eigenvalue weighted by Crippen LogP contribution is -2.38. The molecule has 24 heavy (non-hydrogen) atoms. The van der Waals surface area contributed by atoms with Crippen LogP contribution in [0.2, 0.25) is 0 Å². The second-order valence-electron chi connectivity index (χ2n) is 5.69. The van der Waals surface area contributed by atoms with E-state index in [4.69, 9.17) is 4.42 Å². The Morgan fingerprint density at radius 1 is 1.25 bits per heavy atom. The number of amides is 1. The molecule has 0 spiro atoms. The number of fused-ring (bicyclic) bond motifs is 1. The Labute approximate surface area is 138 Å². The van der Waals surface area contributed by atoms with Gasteiger partial charge in [0.2, 0.25) is 5.76 Å². The van der Waals surface area contributed by atoms with E-state index in [2.05, 4.69) is 10.1 Å². The molecule has 7 heteroatoms. The zero-order chi connectivity index (χ0) is 16.5. The number of carbonyl (C=O) groups is 1. The van der Waals surface area contributed by atoms with Gasteiger partial charge in [0.05, 0.1) is 30.7 Å². The molecular formula is C17H16N4O3. The molecule has 0 saturated carbocycles. The Hall–Kier alpha value is -2.93. The number of hydrogen-bond acceptors (Lipinski definition) is 5. The maximum Gasteiger partial charge on any atom is 0.291 e. The molecule has 0 aliphatic carbocycles. The number of carbonyl (C=O) groups excluding carboxylic acids is 1. The smallest absolute Gasteiger partial charge is 0.291 e. The minimum atomic E-state index is -0.775. The topological polar surface area (TPSA) is 84.4 Å². The molecule has 3 heterocycles. The number of rotatable bonds is 3. The Kier molecular flexibility index (Phi) is 3.62. The number of benzene rings is 1. The molecule has 0 unspecified atom stereocenters. The van der Waals surface area contributed by atoms with Crippen molar-refractivity contribution in [3.63, 3.8) is 0 Å². The number of aliphatic hydroxyl groups excluding tert-OH is 1. The van der Waals surface area contributed by atoms with Gasteiger partial charge in [0.15, 0.2) is 6.39 Å². The Bertz CT molecular complexity index is 842. The third kappa shape index (κ3) is 2.59. The Morgan fingerprint density at radius 2 is 2.08 bits per heavy atom. The average Bonchev–Trinajstić information content (AvgIpc) is 3.30. The van der Waals surface area contributed by atoms with Crippen LogP contribution in [0.1, 0.15) is 33.6 Å². The predicted octanol–water partition coefficient (Wildman–Crippen LogP) is 1.61. The van der Waals surface area contributed by atoms with Crippen LogP contribution < -0.4 is 0 Å². The van der Waals surface area contributed by atoms with Gasteiger partial charge in [-0.15, -0.1) is 0 Å². The quantitative estimate of drug-likeness (QED) is 0.791. The largest absolute Gasteiger partial charge is 0.438 e. The number of nitrogens with zero attached hydrogens (tertiary/aromatic N) is 4. The molecule has 1 amide bonds. The van der Waals surface area contributed by atoms with Gasteiger partial charge in [0, 0.05) is 6.54 Å². The minimum Gasteiger partial charge on any atom is -0.438 e. The first-order valence-electron chi connectivity index (χ1n) is 7.70. The molecule has 1 aliphatic heterocycles. The standard InChI is InChI=1S/C17H16N4O3/c22-16(12-4-2-1-3-5-12)14-8-13-10-20(6-7-21(13)19-14)17(23)15-9-18-11-24-15/h1-5,8-9,11,16,22H,6-7,10H2/t16-/m1/s1. The first kappa shape index (κ1) is 14.6. The summed E-state index contributed by atoms with van der Waals surface area (Å²) in [7, 11) is 0. The zero-order valence-electron chi connectivity index (χ0n) is 12.9. The van der Waals surface area contributed by atoms with Gasteiger partial charge < -0.3 is 14.4 Å². The van der Waals surface area contributed by atoms with Gasteiger partial charge in [-0.3, -0.25) is 9.48 Å². The van der Waals surface area contributed by atoms with Crippen LogP contribution in [0.25, 0.3) is 0 Å². The van der Waals surface area contributed by atoms with Gasteiger partial charge in [0.1, 0.15) is 6.10 Å². The summed E-state index contributed by atoms with van der Waals surface area (Å²) in [4.78, 5) is 17.8. The average molecular weight is 324 g/mol. The van der Waals surface area contributed by atoms with Crippen LogP contribution in [0.5, 0.6) is 0 Å². The van der Waals surface area contributed by atoms with E-state index in [0.717, 1.165) is 11.3 Å². The van der Waals surface area contributed by atoms with Gasteiger partial charge in [-0.2, -0.15) is 5.10 Å². The molecule has 1 N–H and O–H groups in total. The normalized spacial score (nSPS) is 15.1. The van der Waals surface area contributed by atoms with Crippen LogP contribution in [0.4, 0.5) is 0 Å². The summed E-state index contributed by atoms with van der Waals surface area (Å²) in [5.41, 5.74) is 2.27. The van der Waals surface area contributed by atoms with Crippen molar-refractivity contribution in [2.45, 2.75) is 19.2 Å². The molecule has 7 nitrogen and oxygen atoms in total. The highest BCUT2D eigenvalue weighted by Crippen LogP contribution is 2.24. The molecule has 0 bridgehead atoms. The van der Waals surface area contributed by atoms with Crippen LogP contribution in [-0.4, -0.2) is 37.2 Å². The highest BCUT2D eigenvalue weighted by Gasteiger charge is 2.26. The fourth-order valence-corrected chi connectivity index (χ4v) is 2.88. The zero-order valence-corrected chi connectivity index (χ0v) is 12.9. The maximum absolute atomic E-state index is 12.3. The van der Waals surface area contributed by atoms with Crippen molar-refractivity contribution in [3.8, 4) is 0 Å². The number of oxazole rings is 1. The van der Waals surface area contributed by atoms with Crippen molar-refractivity contribution in [2.75, 3.05) is 6.54 Å². The third-order valence-electron chi connectivity index (χ3n) is 4.14. The Morgan fingerprint density at radius 3 is 2.83 bits per heavy atom. The molecule has 2 aromatic heterocycles. The number of aromatic nitrogens is 3. The summed E-state index contributed by atoms with van der Waals surface area (Å²) in [5.74, 6) is 0.0395.